The molecular weight excluding hydrogens is 409 g/mol. The number of rotatable bonds is 9. The van der Waals surface area contributed by atoms with E-state index in [1.165, 1.54) is 12.3 Å². The Hall–Kier alpha value is -4.18. The number of hydrogen-bond donors (Lipinski definition) is 1. The summed E-state index contributed by atoms with van der Waals surface area (Å²) in [6, 6.07) is 22.3. The van der Waals surface area contributed by atoms with Gasteiger partial charge in [0.2, 0.25) is 0 Å². The molecule has 0 fully saturated rings. The molecule has 0 saturated heterocycles. The molecule has 3 aromatic rings. The standard InChI is InChI=1S/C25H22FN3O3/c1-2-31-24-14-18(12-13-23(24)32-17-20-10-6-7-11-22(20)26)16-28-29-25(30)21(15-27)19-8-4-3-5-9-19/h3-14,16,21H,2,17H2,1H3,(H,29,30)/b28-16-/t21-/m0/s1. The first-order chi connectivity index (χ1) is 15.6. The predicted molar refractivity (Wildman–Crippen MR) is 119 cm³/mol. The van der Waals surface area contributed by atoms with Crippen LogP contribution in [0.5, 0.6) is 11.5 Å². The molecule has 1 N–H and O–H groups in total. The van der Waals surface area contributed by atoms with Crippen molar-refractivity contribution < 1.29 is 18.7 Å². The summed E-state index contributed by atoms with van der Waals surface area (Å²) in [5, 5.41) is 13.3. The fourth-order valence-electron chi connectivity index (χ4n) is 2.93. The quantitative estimate of drug-likeness (QED) is 0.398. The number of nitrogens with zero attached hydrogens (tertiary/aromatic N) is 2. The number of carbonyl (C=O) groups is 1. The molecule has 162 valence electrons. The molecular formula is C25H22FN3O3. The highest BCUT2D eigenvalue weighted by Gasteiger charge is 2.19. The second-order valence-electron chi connectivity index (χ2n) is 6.73. The second kappa shape index (κ2) is 11.3. The van der Waals surface area contributed by atoms with Gasteiger partial charge in [0.1, 0.15) is 12.4 Å². The highest BCUT2D eigenvalue weighted by molar-refractivity contribution is 5.88. The first kappa shape index (κ1) is 22.5. The van der Waals surface area contributed by atoms with Crippen LogP contribution in [0.1, 0.15) is 29.5 Å². The maximum absolute atomic E-state index is 13.8. The van der Waals surface area contributed by atoms with E-state index in [4.69, 9.17) is 9.47 Å². The molecule has 7 heteroatoms. The average Bonchev–Trinajstić information content (AvgIpc) is 2.81. The van der Waals surface area contributed by atoms with Crippen LogP contribution in [-0.2, 0) is 11.4 Å². The van der Waals surface area contributed by atoms with E-state index in [2.05, 4.69) is 10.5 Å². The van der Waals surface area contributed by atoms with Crippen LogP contribution in [0.2, 0.25) is 0 Å². The van der Waals surface area contributed by atoms with Gasteiger partial charge < -0.3 is 9.47 Å². The van der Waals surface area contributed by atoms with Crippen LogP contribution >= 0.6 is 0 Å². The first-order valence-corrected chi connectivity index (χ1v) is 10.0. The van der Waals surface area contributed by atoms with E-state index >= 15 is 0 Å². The molecule has 0 saturated carbocycles. The molecule has 6 nitrogen and oxygen atoms in total. The topological polar surface area (TPSA) is 83.7 Å². The van der Waals surface area contributed by atoms with Crippen LogP contribution in [0.15, 0.2) is 77.9 Å². The van der Waals surface area contributed by atoms with Crippen LogP contribution in [0.25, 0.3) is 0 Å². The lowest BCUT2D eigenvalue weighted by atomic mass is 10.0. The zero-order valence-electron chi connectivity index (χ0n) is 17.5. The summed E-state index contributed by atoms with van der Waals surface area (Å²) >= 11 is 0. The molecule has 3 aromatic carbocycles. The van der Waals surface area contributed by atoms with Gasteiger partial charge in [-0.3, -0.25) is 4.79 Å². The summed E-state index contributed by atoms with van der Waals surface area (Å²) in [7, 11) is 0. The monoisotopic (exact) mass is 431 g/mol. The lowest BCUT2D eigenvalue weighted by Crippen LogP contribution is -2.24. The molecule has 0 bridgehead atoms. The van der Waals surface area contributed by atoms with Gasteiger partial charge in [-0.2, -0.15) is 10.4 Å². The number of ether oxygens (including phenoxy) is 2. The van der Waals surface area contributed by atoms with Gasteiger partial charge in [0.15, 0.2) is 17.4 Å². The summed E-state index contributed by atoms with van der Waals surface area (Å²) in [5.74, 6) is -0.884. The predicted octanol–water partition coefficient (Wildman–Crippen LogP) is 4.56. The van der Waals surface area contributed by atoms with Crippen molar-refractivity contribution in [3.63, 3.8) is 0 Å². The van der Waals surface area contributed by atoms with Gasteiger partial charge in [-0.25, -0.2) is 9.82 Å². The van der Waals surface area contributed by atoms with E-state index < -0.39 is 11.8 Å². The van der Waals surface area contributed by atoms with Crippen molar-refractivity contribution >= 4 is 12.1 Å². The second-order valence-corrected chi connectivity index (χ2v) is 6.73. The molecule has 3 rings (SSSR count). The Bertz CT molecular complexity index is 1130. The van der Waals surface area contributed by atoms with Crippen molar-refractivity contribution in [3.8, 4) is 17.6 Å². The molecule has 1 amide bonds. The number of nitrogens with one attached hydrogen (secondary N) is 1. The fraction of sp³-hybridized carbons (Fsp3) is 0.160. The fourth-order valence-corrected chi connectivity index (χ4v) is 2.93. The Kier molecular flexibility index (Phi) is 7.93. The van der Waals surface area contributed by atoms with Crippen molar-refractivity contribution in [1.29, 1.82) is 5.26 Å². The largest absolute Gasteiger partial charge is 0.490 e. The molecule has 32 heavy (non-hydrogen) atoms. The molecule has 0 heterocycles. The zero-order chi connectivity index (χ0) is 22.8. The Morgan fingerprint density at radius 3 is 2.56 bits per heavy atom. The van der Waals surface area contributed by atoms with Crippen LogP contribution in [0, 0.1) is 17.1 Å². The van der Waals surface area contributed by atoms with Crippen LogP contribution < -0.4 is 14.9 Å². The lowest BCUT2D eigenvalue weighted by Gasteiger charge is -2.13. The highest BCUT2D eigenvalue weighted by Crippen LogP contribution is 2.29. The number of carbonyl (C=O) groups excluding carboxylic acids is 1. The van der Waals surface area contributed by atoms with E-state index in [1.54, 1.807) is 60.7 Å². The van der Waals surface area contributed by atoms with Gasteiger partial charge in [0.25, 0.3) is 5.91 Å². The van der Waals surface area contributed by atoms with Gasteiger partial charge >= 0.3 is 0 Å². The van der Waals surface area contributed by atoms with E-state index in [-0.39, 0.29) is 12.4 Å². The first-order valence-electron chi connectivity index (χ1n) is 10.0. The summed E-state index contributed by atoms with van der Waals surface area (Å²) in [4.78, 5) is 12.3. The molecule has 0 aliphatic rings. The average molecular weight is 431 g/mol. The van der Waals surface area contributed by atoms with Gasteiger partial charge in [0.05, 0.1) is 18.9 Å². The van der Waals surface area contributed by atoms with E-state index in [9.17, 15) is 14.4 Å². The minimum atomic E-state index is -0.957. The lowest BCUT2D eigenvalue weighted by molar-refractivity contribution is -0.121. The third-order valence-electron chi connectivity index (χ3n) is 4.52. The summed E-state index contributed by atoms with van der Waals surface area (Å²) < 4.78 is 25.2. The van der Waals surface area contributed by atoms with Crippen molar-refractivity contribution in [2.75, 3.05) is 6.61 Å². The van der Waals surface area contributed by atoms with E-state index in [0.717, 1.165) is 0 Å². The summed E-state index contributed by atoms with van der Waals surface area (Å²) in [6.07, 6.45) is 1.44. The number of amides is 1. The molecule has 1 atom stereocenters. The highest BCUT2D eigenvalue weighted by atomic mass is 19.1. The van der Waals surface area contributed by atoms with E-state index in [1.807, 2.05) is 19.1 Å². The molecule has 0 aliphatic heterocycles. The Balaban J connectivity index is 1.67. The minimum Gasteiger partial charge on any atom is -0.490 e. The molecule has 0 aromatic heterocycles. The molecule has 0 spiro atoms. The van der Waals surface area contributed by atoms with Crippen molar-refractivity contribution in [3.05, 3.63) is 95.3 Å². The van der Waals surface area contributed by atoms with Crippen LogP contribution in [0.3, 0.4) is 0 Å². The Labute approximate surface area is 185 Å². The third kappa shape index (κ3) is 5.92. The van der Waals surface area contributed by atoms with Crippen molar-refractivity contribution in [2.24, 2.45) is 5.10 Å². The van der Waals surface area contributed by atoms with Gasteiger partial charge in [-0.1, -0.05) is 48.5 Å². The number of hydrazone groups is 1. The van der Waals surface area contributed by atoms with Gasteiger partial charge in [-0.15, -0.1) is 0 Å². The van der Waals surface area contributed by atoms with Gasteiger partial charge in [-0.05, 0) is 42.3 Å². The molecule has 0 unspecified atom stereocenters. The van der Waals surface area contributed by atoms with E-state index in [0.29, 0.717) is 34.8 Å². The van der Waals surface area contributed by atoms with Gasteiger partial charge in [0, 0.05) is 5.56 Å². The van der Waals surface area contributed by atoms with Crippen molar-refractivity contribution in [2.45, 2.75) is 19.4 Å². The number of halogens is 1. The third-order valence-corrected chi connectivity index (χ3v) is 4.52. The summed E-state index contributed by atoms with van der Waals surface area (Å²) in [5.41, 5.74) is 4.08. The van der Waals surface area contributed by atoms with Crippen LogP contribution in [0.4, 0.5) is 4.39 Å². The maximum atomic E-state index is 13.8. The smallest absolute Gasteiger partial charge is 0.261 e. The normalized spacial score (nSPS) is 11.5. The number of nitriles is 1. The Morgan fingerprint density at radius 2 is 1.84 bits per heavy atom. The van der Waals surface area contributed by atoms with Crippen molar-refractivity contribution in [1.82, 2.24) is 5.43 Å². The maximum Gasteiger partial charge on any atom is 0.261 e. The zero-order valence-corrected chi connectivity index (χ0v) is 17.5. The number of hydrogen-bond acceptors (Lipinski definition) is 5. The Morgan fingerprint density at radius 1 is 1.09 bits per heavy atom. The number of benzene rings is 3. The molecule has 0 aliphatic carbocycles. The molecule has 0 radical (unpaired) electrons. The SMILES string of the molecule is CCOc1cc(/C=N\NC(=O)[C@@H](C#N)c2ccccc2)ccc1OCc1ccccc1F. The minimum absolute atomic E-state index is 0.0608. The summed E-state index contributed by atoms with van der Waals surface area (Å²) in [6.45, 7) is 2.31. The van der Waals surface area contributed by atoms with Crippen LogP contribution in [-0.4, -0.2) is 18.7 Å².